The van der Waals surface area contributed by atoms with E-state index in [0.29, 0.717) is 5.56 Å². The summed E-state index contributed by atoms with van der Waals surface area (Å²) < 4.78 is 24.4. The predicted octanol–water partition coefficient (Wildman–Crippen LogP) is 0.588. The number of hydrogen-bond donors (Lipinski definition) is 1. The molecule has 0 spiro atoms. The normalized spacial score (nSPS) is 20.7. The number of carbonyl (C=O) groups is 2. The largest absolute Gasteiger partial charge is 0.474 e. The molecule has 1 aliphatic heterocycles. The van der Waals surface area contributed by atoms with Gasteiger partial charge in [-0.2, -0.15) is 0 Å². The fourth-order valence-electron chi connectivity index (χ4n) is 2.17. The number of aliphatic carboxylic acids is 1. The van der Waals surface area contributed by atoms with E-state index in [-0.39, 0.29) is 17.1 Å². The standard InChI is InChI=1S/C12H13NO5S/c1-7-4-3-5-9-10(7)13(11(14)12(15)16)6-8(2)19(9,17)18/h3-5,8H,6H2,1-2H3,(H,15,16). The lowest BCUT2D eigenvalue weighted by molar-refractivity contribution is -0.148. The van der Waals surface area contributed by atoms with Crippen LogP contribution in [0.2, 0.25) is 0 Å². The summed E-state index contributed by atoms with van der Waals surface area (Å²) in [7, 11) is -3.52. The van der Waals surface area contributed by atoms with Gasteiger partial charge in [0.2, 0.25) is 0 Å². The van der Waals surface area contributed by atoms with Crippen LogP contribution in [-0.4, -0.2) is 37.2 Å². The van der Waals surface area contributed by atoms with Crippen LogP contribution < -0.4 is 4.90 Å². The minimum Gasteiger partial charge on any atom is -0.474 e. The molecule has 0 aliphatic carbocycles. The fourth-order valence-corrected chi connectivity index (χ4v) is 3.76. The highest BCUT2D eigenvalue weighted by atomic mass is 32.2. The molecular formula is C12H13NO5S. The number of carboxylic acid groups (broad SMARTS) is 1. The average molecular weight is 283 g/mol. The molecule has 0 radical (unpaired) electrons. The maximum Gasteiger partial charge on any atom is 0.394 e. The molecule has 0 fully saturated rings. The molecule has 0 bridgehead atoms. The first-order valence-corrected chi connectivity index (χ1v) is 7.19. The Hall–Kier alpha value is -1.89. The van der Waals surface area contributed by atoms with E-state index in [0.717, 1.165) is 4.90 Å². The first-order valence-electron chi connectivity index (χ1n) is 5.65. The van der Waals surface area contributed by atoms with Crippen LogP contribution in [0.3, 0.4) is 0 Å². The van der Waals surface area contributed by atoms with Crippen LogP contribution in [0.5, 0.6) is 0 Å². The first-order chi connectivity index (χ1) is 8.76. The number of aryl methyl sites for hydroxylation is 1. The van der Waals surface area contributed by atoms with Crippen LogP contribution in [0.4, 0.5) is 5.69 Å². The van der Waals surface area contributed by atoms with Crippen molar-refractivity contribution in [1.82, 2.24) is 0 Å². The summed E-state index contributed by atoms with van der Waals surface area (Å²) in [5.74, 6) is -2.71. The lowest BCUT2D eigenvalue weighted by Gasteiger charge is -2.32. The third-order valence-electron chi connectivity index (χ3n) is 3.17. The van der Waals surface area contributed by atoms with E-state index in [9.17, 15) is 18.0 Å². The molecule has 2 rings (SSSR count). The molecule has 19 heavy (non-hydrogen) atoms. The lowest BCUT2D eigenvalue weighted by atomic mass is 10.1. The second-order valence-corrected chi connectivity index (χ2v) is 6.83. The summed E-state index contributed by atoms with van der Waals surface area (Å²) in [4.78, 5) is 23.6. The molecule has 1 aromatic rings. The van der Waals surface area contributed by atoms with Crippen LogP contribution in [0.1, 0.15) is 12.5 Å². The topological polar surface area (TPSA) is 91.8 Å². The zero-order valence-corrected chi connectivity index (χ0v) is 11.3. The van der Waals surface area contributed by atoms with Crippen molar-refractivity contribution in [1.29, 1.82) is 0 Å². The third kappa shape index (κ3) is 1.99. The fraction of sp³-hybridized carbons (Fsp3) is 0.333. The summed E-state index contributed by atoms with van der Waals surface area (Å²) in [6.07, 6.45) is 0. The van der Waals surface area contributed by atoms with Crippen molar-refractivity contribution in [2.24, 2.45) is 0 Å². The molecule has 1 atom stereocenters. The number of anilines is 1. The highest BCUT2D eigenvalue weighted by Crippen LogP contribution is 2.36. The number of nitrogens with zero attached hydrogens (tertiary/aromatic N) is 1. The van der Waals surface area contributed by atoms with Gasteiger partial charge in [-0.1, -0.05) is 12.1 Å². The number of amides is 1. The molecule has 7 heteroatoms. The summed E-state index contributed by atoms with van der Waals surface area (Å²) >= 11 is 0. The van der Waals surface area contributed by atoms with Gasteiger partial charge in [0.15, 0.2) is 9.84 Å². The van der Waals surface area contributed by atoms with Crippen molar-refractivity contribution in [3.05, 3.63) is 23.8 Å². The van der Waals surface area contributed by atoms with Gasteiger partial charge in [0.1, 0.15) is 0 Å². The minimum absolute atomic E-state index is 0.0147. The number of para-hydroxylation sites is 1. The number of benzene rings is 1. The maximum absolute atomic E-state index is 12.2. The number of carboxylic acids is 1. The molecule has 1 unspecified atom stereocenters. The molecule has 1 N–H and O–H groups in total. The maximum atomic E-state index is 12.2. The Balaban J connectivity index is 2.71. The van der Waals surface area contributed by atoms with E-state index in [1.165, 1.54) is 13.0 Å². The number of sulfone groups is 1. The van der Waals surface area contributed by atoms with Crippen LogP contribution in [0, 0.1) is 6.92 Å². The van der Waals surface area contributed by atoms with Crippen molar-refractivity contribution in [2.45, 2.75) is 24.0 Å². The van der Waals surface area contributed by atoms with Crippen LogP contribution >= 0.6 is 0 Å². The summed E-state index contributed by atoms with van der Waals surface area (Å²) in [6, 6.07) is 4.62. The Morgan fingerprint density at radius 3 is 2.58 bits per heavy atom. The molecule has 102 valence electrons. The number of hydrogen-bond acceptors (Lipinski definition) is 4. The van der Waals surface area contributed by atoms with Gasteiger partial charge in [-0.15, -0.1) is 0 Å². The zero-order chi connectivity index (χ0) is 14.4. The second kappa shape index (κ2) is 4.34. The van der Waals surface area contributed by atoms with E-state index >= 15 is 0 Å². The molecular weight excluding hydrogens is 270 g/mol. The minimum atomic E-state index is -3.52. The third-order valence-corrected chi connectivity index (χ3v) is 5.33. The average Bonchev–Trinajstić information content (AvgIpc) is 2.33. The Labute approximate surface area is 110 Å². The lowest BCUT2D eigenvalue weighted by Crippen LogP contribution is -2.47. The van der Waals surface area contributed by atoms with E-state index in [1.807, 2.05) is 0 Å². The highest BCUT2D eigenvalue weighted by molar-refractivity contribution is 7.92. The van der Waals surface area contributed by atoms with E-state index in [1.54, 1.807) is 19.1 Å². The smallest absolute Gasteiger partial charge is 0.394 e. The van der Waals surface area contributed by atoms with Gasteiger partial charge in [-0.3, -0.25) is 9.69 Å². The van der Waals surface area contributed by atoms with Crippen LogP contribution in [0.15, 0.2) is 23.1 Å². The second-order valence-electron chi connectivity index (χ2n) is 4.50. The molecule has 0 aromatic heterocycles. The number of rotatable bonds is 0. The number of fused-ring (bicyclic) bond motifs is 1. The SMILES string of the molecule is Cc1cccc2c1N(C(=O)C(=O)O)CC(C)S2(=O)=O. The molecule has 1 heterocycles. The molecule has 0 saturated carbocycles. The highest BCUT2D eigenvalue weighted by Gasteiger charge is 2.39. The van der Waals surface area contributed by atoms with Gasteiger partial charge in [0.05, 0.1) is 15.8 Å². The zero-order valence-electron chi connectivity index (χ0n) is 10.5. The van der Waals surface area contributed by atoms with Crippen LogP contribution in [0.25, 0.3) is 0 Å². The Kier molecular flexibility index (Phi) is 3.09. The van der Waals surface area contributed by atoms with E-state index in [4.69, 9.17) is 5.11 Å². The summed E-state index contributed by atoms with van der Waals surface area (Å²) in [5, 5.41) is 8.00. The van der Waals surface area contributed by atoms with Crippen molar-refractivity contribution >= 4 is 27.4 Å². The number of carbonyl (C=O) groups excluding carboxylic acids is 1. The molecule has 1 aromatic carbocycles. The quantitative estimate of drug-likeness (QED) is 0.703. The Morgan fingerprint density at radius 2 is 2.00 bits per heavy atom. The van der Waals surface area contributed by atoms with Crippen LogP contribution in [-0.2, 0) is 19.4 Å². The van der Waals surface area contributed by atoms with Gasteiger partial charge in [0.25, 0.3) is 0 Å². The van der Waals surface area contributed by atoms with Crippen molar-refractivity contribution in [2.75, 3.05) is 11.4 Å². The first kappa shape index (κ1) is 13.5. The van der Waals surface area contributed by atoms with Gasteiger partial charge in [-0.25, -0.2) is 13.2 Å². The van der Waals surface area contributed by atoms with Crippen molar-refractivity contribution in [3.63, 3.8) is 0 Å². The summed E-state index contributed by atoms with van der Waals surface area (Å²) in [5.41, 5.74) is 0.732. The molecule has 6 nitrogen and oxygen atoms in total. The summed E-state index contributed by atoms with van der Waals surface area (Å²) in [6.45, 7) is 2.96. The van der Waals surface area contributed by atoms with Crippen molar-refractivity contribution < 1.29 is 23.1 Å². The van der Waals surface area contributed by atoms with Gasteiger partial charge < -0.3 is 5.11 Å². The van der Waals surface area contributed by atoms with Gasteiger partial charge in [-0.05, 0) is 25.5 Å². The Morgan fingerprint density at radius 1 is 1.37 bits per heavy atom. The molecule has 0 saturated heterocycles. The van der Waals surface area contributed by atoms with Crippen molar-refractivity contribution in [3.8, 4) is 0 Å². The molecule has 1 aliphatic rings. The van der Waals surface area contributed by atoms with E-state index in [2.05, 4.69) is 0 Å². The van der Waals surface area contributed by atoms with E-state index < -0.39 is 27.0 Å². The molecule has 1 amide bonds. The van der Waals surface area contributed by atoms with Gasteiger partial charge >= 0.3 is 11.9 Å². The Bertz CT molecular complexity index is 665. The monoisotopic (exact) mass is 283 g/mol. The predicted molar refractivity (Wildman–Crippen MR) is 67.8 cm³/mol. The van der Waals surface area contributed by atoms with Gasteiger partial charge in [0, 0.05) is 6.54 Å².